The fraction of sp³-hybridized carbons (Fsp3) is 0.800. The molecule has 11 heavy (non-hydrogen) atoms. The Morgan fingerprint density at radius 1 is 1.73 bits per heavy atom. The van der Waals surface area contributed by atoms with Gasteiger partial charge in [0, 0.05) is 4.83 Å². The van der Waals surface area contributed by atoms with Gasteiger partial charge in [-0.25, -0.2) is 0 Å². The summed E-state index contributed by atoms with van der Waals surface area (Å²) in [5.41, 5.74) is 1.60. The zero-order valence-corrected chi connectivity index (χ0v) is 9.19. The van der Waals surface area contributed by atoms with Gasteiger partial charge in [-0.05, 0) is 31.6 Å². The Morgan fingerprint density at radius 2 is 2.27 bits per heavy atom. The zero-order valence-electron chi connectivity index (χ0n) is 7.60. The topological polar surface area (TPSA) is 0 Å². The molecule has 1 aliphatic carbocycles. The van der Waals surface area contributed by atoms with Crippen LogP contribution in [0.15, 0.2) is 11.6 Å². The Hall–Kier alpha value is 0.220. The van der Waals surface area contributed by atoms with Crippen molar-refractivity contribution >= 4 is 15.9 Å². The summed E-state index contributed by atoms with van der Waals surface area (Å²) >= 11 is 3.54. The predicted octanol–water partition coefficient (Wildman–Crippen LogP) is 3.76. The van der Waals surface area contributed by atoms with Gasteiger partial charge in [-0.3, -0.25) is 0 Å². The van der Waals surface area contributed by atoms with Crippen molar-refractivity contribution in [2.75, 3.05) is 0 Å². The summed E-state index contributed by atoms with van der Waals surface area (Å²) in [5.74, 6) is 1.87. The molecule has 0 bridgehead atoms. The third-order valence-electron chi connectivity index (χ3n) is 2.46. The molecule has 64 valence electrons. The maximum Gasteiger partial charge on any atom is 0.0152 e. The highest BCUT2D eigenvalue weighted by atomic mass is 79.9. The fourth-order valence-electron chi connectivity index (χ4n) is 1.46. The Labute approximate surface area is 78.2 Å². The van der Waals surface area contributed by atoms with E-state index in [2.05, 4.69) is 42.8 Å². The van der Waals surface area contributed by atoms with Crippen molar-refractivity contribution in [1.29, 1.82) is 0 Å². The van der Waals surface area contributed by atoms with Crippen molar-refractivity contribution in [1.82, 2.24) is 0 Å². The van der Waals surface area contributed by atoms with E-state index in [1.54, 1.807) is 5.57 Å². The van der Waals surface area contributed by atoms with Gasteiger partial charge >= 0.3 is 0 Å². The first kappa shape index (κ1) is 9.31. The summed E-state index contributed by atoms with van der Waals surface area (Å²) in [6, 6.07) is 0. The van der Waals surface area contributed by atoms with Crippen molar-refractivity contribution < 1.29 is 0 Å². The molecule has 0 saturated heterocycles. The molecular weight excluding hydrogens is 200 g/mol. The van der Waals surface area contributed by atoms with E-state index >= 15 is 0 Å². The SMILES string of the molecule is C/C(=C/CC(C)Br)C1CC1C. The first-order valence-electron chi connectivity index (χ1n) is 4.42. The molecule has 0 amide bonds. The third-order valence-corrected chi connectivity index (χ3v) is 2.83. The molecule has 1 rings (SSSR count). The number of hydrogen-bond donors (Lipinski definition) is 0. The number of hydrogen-bond acceptors (Lipinski definition) is 0. The van der Waals surface area contributed by atoms with Crippen LogP contribution in [0.2, 0.25) is 0 Å². The molecule has 3 unspecified atom stereocenters. The van der Waals surface area contributed by atoms with E-state index in [9.17, 15) is 0 Å². The number of rotatable bonds is 3. The van der Waals surface area contributed by atoms with Crippen molar-refractivity contribution in [3.05, 3.63) is 11.6 Å². The Bertz CT molecular complexity index is 158. The molecule has 1 heteroatoms. The molecule has 1 saturated carbocycles. The van der Waals surface area contributed by atoms with Gasteiger partial charge in [0.1, 0.15) is 0 Å². The number of alkyl halides is 1. The van der Waals surface area contributed by atoms with Crippen LogP contribution in [0.3, 0.4) is 0 Å². The summed E-state index contributed by atoms with van der Waals surface area (Å²) < 4.78 is 0. The quantitative estimate of drug-likeness (QED) is 0.498. The van der Waals surface area contributed by atoms with Gasteiger partial charge in [0.2, 0.25) is 0 Å². The maximum absolute atomic E-state index is 3.54. The van der Waals surface area contributed by atoms with Crippen LogP contribution in [-0.2, 0) is 0 Å². The molecule has 0 heterocycles. The van der Waals surface area contributed by atoms with E-state index < -0.39 is 0 Å². The minimum Gasteiger partial charge on any atom is -0.0890 e. The smallest absolute Gasteiger partial charge is 0.0152 e. The molecule has 0 spiro atoms. The monoisotopic (exact) mass is 216 g/mol. The van der Waals surface area contributed by atoms with E-state index in [-0.39, 0.29) is 0 Å². The van der Waals surface area contributed by atoms with E-state index in [1.165, 1.54) is 12.8 Å². The average Bonchev–Trinajstić information content (AvgIpc) is 2.61. The second-order valence-corrected chi connectivity index (χ2v) is 5.35. The number of halogens is 1. The van der Waals surface area contributed by atoms with E-state index in [4.69, 9.17) is 0 Å². The van der Waals surface area contributed by atoms with Crippen molar-refractivity contribution in [3.63, 3.8) is 0 Å². The molecule has 0 aromatic rings. The fourth-order valence-corrected chi connectivity index (χ4v) is 1.64. The molecule has 0 aromatic carbocycles. The lowest BCUT2D eigenvalue weighted by Crippen LogP contribution is -1.88. The molecule has 0 aliphatic heterocycles. The number of allylic oxidation sites excluding steroid dienone is 2. The largest absolute Gasteiger partial charge is 0.0890 e. The standard InChI is InChI=1S/C10H17Br/c1-7(4-5-9(3)11)10-6-8(10)2/h4,8-10H,5-6H2,1-3H3/b7-4-. The Kier molecular flexibility index (Phi) is 3.17. The Morgan fingerprint density at radius 3 is 2.64 bits per heavy atom. The highest BCUT2D eigenvalue weighted by Crippen LogP contribution is 2.43. The Balaban J connectivity index is 2.29. The summed E-state index contributed by atoms with van der Waals surface area (Å²) in [6.45, 7) is 6.79. The lowest BCUT2D eigenvalue weighted by Gasteiger charge is -2.00. The minimum atomic E-state index is 0.631. The van der Waals surface area contributed by atoms with Gasteiger partial charge in [-0.2, -0.15) is 0 Å². The molecule has 0 nitrogen and oxygen atoms in total. The molecule has 1 fully saturated rings. The van der Waals surface area contributed by atoms with Crippen LogP contribution in [0.4, 0.5) is 0 Å². The lowest BCUT2D eigenvalue weighted by molar-refractivity contribution is 0.842. The normalized spacial score (nSPS) is 33.6. The van der Waals surface area contributed by atoms with E-state index in [1.807, 2.05) is 0 Å². The van der Waals surface area contributed by atoms with Crippen LogP contribution >= 0.6 is 15.9 Å². The van der Waals surface area contributed by atoms with Gasteiger partial charge in [-0.1, -0.05) is 41.4 Å². The van der Waals surface area contributed by atoms with E-state index in [0.717, 1.165) is 11.8 Å². The molecule has 1 aliphatic rings. The van der Waals surface area contributed by atoms with Gasteiger partial charge in [0.05, 0.1) is 0 Å². The summed E-state index contributed by atoms with van der Waals surface area (Å²) in [7, 11) is 0. The van der Waals surface area contributed by atoms with Gasteiger partial charge in [0.25, 0.3) is 0 Å². The molecule has 3 atom stereocenters. The first-order chi connectivity index (χ1) is 5.11. The second-order valence-electron chi connectivity index (χ2n) is 3.78. The van der Waals surface area contributed by atoms with Gasteiger partial charge in [-0.15, -0.1) is 0 Å². The zero-order chi connectivity index (χ0) is 8.43. The van der Waals surface area contributed by atoms with Crippen LogP contribution in [-0.4, -0.2) is 4.83 Å². The average molecular weight is 217 g/mol. The third kappa shape index (κ3) is 2.98. The van der Waals surface area contributed by atoms with Crippen molar-refractivity contribution in [2.24, 2.45) is 11.8 Å². The van der Waals surface area contributed by atoms with Crippen LogP contribution in [0.25, 0.3) is 0 Å². The molecule has 0 radical (unpaired) electrons. The minimum absolute atomic E-state index is 0.631. The highest BCUT2D eigenvalue weighted by Gasteiger charge is 2.33. The van der Waals surface area contributed by atoms with Gasteiger partial charge in [0.15, 0.2) is 0 Å². The van der Waals surface area contributed by atoms with Crippen molar-refractivity contribution in [3.8, 4) is 0 Å². The molecule has 0 aromatic heterocycles. The summed E-state index contributed by atoms with van der Waals surface area (Å²) in [6.07, 6.45) is 4.97. The van der Waals surface area contributed by atoms with Gasteiger partial charge < -0.3 is 0 Å². The summed E-state index contributed by atoms with van der Waals surface area (Å²) in [4.78, 5) is 0.631. The van der Waals surface area contributed by atoms with Crippen LogP contribution < -0.4 is 0 Å². The van der Waals surface area contributed by atoms with Crippen LogP contribution in [0, 0.1) is 11.8 Å². The first-order valence-corrected chi connectivity index (χ1v) is 5.33. The van der Waals surface area contributed by atoms with Crippen LogP contribution in [0.5, 0.6) is 0 Å². The molecular formula is C10H17Br. The van der Waals surface area contributed by atoms with Crippen LogP contribution in [0.1, 0.15) is 33.6 Å². The van der Waals surface area contributed by atoms with Crippen molar-refractivity contribution in [2.45, 2.75) is 38.4 Å². The summed E-state index contributed by atoms with van der Waals surface area (Å²) in [5, 5.41) is 0. The lowest BCUT2D eigenvalue weighted by atomic mass is 10.1. The van der Waals surface area contributed by atoms with E-state index in [0.29, 0.717) is 4.83 Å². The predicted molar refractivity (Wildman–Crippen MR) is 54.0 cm³/mol. The molecule has 0 N–H and O–H groups in total. The highest BCUT2D eigenvalue weighted by molar-refractivity contribution is 9.09. The maximum atomic E-state index is 3.54. The second kappa shape index (κ2) is 3.75.